The Hall–Kier alpha value is -5.40. The molecule has 2 heterocycles. The summed E-state index contributed by atoms with van der Waals surface area (Å²) in [6.07, 6.45) is 0.364. The molecular weight excluding hydrogens is 666 g/mol. The average molecular weight is 698 g/mol. The zero-order valence-electron chi connectivity index (χ0n) is 26.5. The molecule has 48 heavy (non-hydrogen) atoms. The molecule has 5 rings (SSSR count). The average Bonchev–Trinajstić information content (AvgIpc) is 3.54. The molecule has 0 bridgehead atoms. The Balaban J connectivity index is 1.42. The summed E-state index contributed by atoms with van der Waals surface area (Å²) >= 11 is 0. The first kappa shape index (κ1) is 33.9. The molecule has 1 aliphatic rings. The number of nitriles is 1. The molecule has 16 heteroatoms. The molecule has 0 saturated carbocycles. The Bertz CT molecular complexity index is 2080. The number of hydrogen-bond donors (Lipinski definition) is 1. The van der Waals surface area contributed by atoms with Crippen LogP contribution < -0.4 is 33.8 Å². The van der Waals surface area contributed by atoms with Gasteiger partial charge in [-0.25, -0.2) is 0 Å². The molecule has 252 valence electrons. The third kappa shape index (κ3) is 6.82. The lowest BCUT2D eigenvalue weighted by atomic mass is 10.1. The number of ether oxygens (including phenoxy) is 6. The molecule has 4 aromatic rings. The molecule has 0 radical (unpaired) electrons. The maximum Gasteiger partial charge on any atom is 0.341 e. The molecule has 0 aliphatic carbocycles. The number of nitrogens with zero attached hydrogens (tertiary/aromatic N) is 3. The summed E-state index contributed by atoms with van der Waals surface area (Å²) in [7, 11) is 1.78. The van der Waals surface area contributed by atoms with Gasteiger partial charge >= 0.3 is 10.1 Å². The largest absolute Gasteiger partial charge is 0.496 e. The fourth-order valence-electron chi connectivity index (χ4n) is 4.77. The monoisotopic (exact) mass is 697 g/mol. The minimum atomic E-state index is -4.21. The van der Waals surface area contributed by atoms with E-state index < -0.39 is 26.4 Å². The molecule has 1 aliphatic heterocycles. The molecule has 1 unspecified atom stereocenters. The molecule has 0 spiro atoms. The van der Waals surface area contributed by atoms with E-state index >= 15 is 0 Å². The Kier molecular flexibility index (Phi) is 10.3. The Morgan fingerprint density at radius 1 is 0.875 bits per heavy atom. The first-order chi connectivity index (χ1) is 23.2. The summed E-state index contributed by atoms with van der Waals surface area (Å²) in [5, 5.41) is 16.8. The van der Waals surface area contributed by atoms with Crippen LogP contribution in [-0.2, 0) is 14.3 Å². The molecule has 3 aromatic carbocycles. The van der Waals surface area contributed by atoms with Gasteiger partial charge in [0, 0.05) is 17.7 Å². The van der Waals surface area contributed by atoms with Crippen LogP contribution in [0, 0.1) is 11.3 Å². The van der Waals surface area contributed by atoms with E-state index in [0.717, 1.165) is 0 Å². The lowest BCUT2D eigenvalue weighted by Crippen LogP contribution is -2.16. The smallest absolute Gasteiger partial charge is 0.341 e. The number of hydrogen-bond acceptors (Lipinski definition) is 14. The second kappa shape index (κ2) is 14.6. The van der Waals surface area contributed by atoms with Gasteiger partial charge in [-0.05, 0) is 48.6 Å². The van der Waals surface area contributed by atoms with Crippen molar-refractivity contribution in [1.82, 2.24) is 0 Å². The molecule has 14 nitrogen and oxygen atoms in total. The van der Waals surface area contributed by atoms with Crippen molar-refractivity contribution in [2.75, 3.05) is 47.9 Å². The van der Waals surface area contributed by atoms with Crippen molar-refractivity contribution < 1.29 is 45.4 Å². The number of methoxy groups -OCH3 is 5. The summed E-state index contributed by atoms with van der Waals surface area (Å²) in [6, 6.07) is 13.7. The third-order valence-corrected chi connectivity index (χ3v) is 10.3. The highest BCUT2D eigenvalue weighted by atomic mass is 32.2. The Morgan fingerprint density at radius 3 is 2.17 bits per heavy atom. The van der Waals surface area contributed by atoms with Crippen molar-refractivity contribution in [3.8, 4) is 51.9 Å². The zero-order chi connectivity index (χ0) is 34.4. The number of rotatable bonds is 13. The molecule has 1 aromatic heterocycles. The van der Waals surface area contributed by atoms with E-state index in [0.29, 0.717) is 46.3 Å². The SMILES string of the molecule is COc1cc(OC)c2c(=O)c(OCCC[SH]3C=NN=C3OS(=O)(=O)c3ccc(C#N)cc3)c(-c3cc(OC)c(OC)c(OC)c3)oc2c1. The van der Waals surface area contributed by atoms with E-state index in [-0.39, 0.29) is 45.0 Å². The minimum Gasteiger partial charge on any atom is -0.496 e. The van der Waals surface area contributed by atoms with Gasteiger partial charge in [-0.1, -0.05) is 0 Å². The Labute approximate surface area is 278 Å². The quantitative estimate of drug-likeness (QED) is 0.114. The summed E-state index contributed by atoms with van der Waals surface area (Å²) in [6.45, 7) is 0.0362. The predicted octanol–water partition coefficient (Wildman–Crippen LogP) is 4.86. The molecule has 0 fully saturated rings. The summed E-state index contributed by atoms with van der Waals surface area (Å²) in [5.74, 6) is 2.03. The van der Waals surface area contributed by atoms with Gasteiger partial charge < -0.3 is 37.0 Å². The van der Waals surface area contributed by atoms with Crippen molar-refractivity contribution in [3.05, 3.63) is 64.3 Å². The van der Waals surface area contributed by atoms with Crippen LogP contribution in [0.1, 0.15) is 12.0 Å². The van der Waals surface area contributed by atoms with Crippen molar-refractivity contribution in [2.45, 2.75) is 11.3 Å². The first-order valence-electron chi connectivity index (χ1n) is 14.2. The van der Waals surface area contributed by atoms with Crippen molar-refractivity contribution >= 4 is 42.8 Å². The minimum absolute atomic E-state index is 0.0362. The standard InChI is InChI=1S/C32H31N3O11S2/c1-39-21-15-23(40-2)27-24(16-21)45-29(20-13-25(41-3)30(43-5)26(14-20)42-4)31(28(27)36)44-11-6-12-47-18-34-35-32(47)46-48(37,38)22-9-7-19(17-33)8-10-22/h7-10,13-16,18,47H,6,11-12H2,1-5H3. The van der Waals surface area contributed by atoms with Crippen LogP contribution in [0.2, 0.25) is 0 Å². The van der Waals surface area contributed by atoms with E-state index in [4.69, 9.17) is 42.3 Å². The van der Waals surface area contributed by atoms with Gasteiger partial charge in [-0.2, -0.15) is 13.7 Å². The number of benzene rings is 3. The highest BCUT2D eigenvalue weighted by Gasteiger charge is 2.27. The van der Waals surface area contributed by atoms with Crippen LogP contribution >= 0.6 is 10.9 Å². The van der Waals surface area contributed by atoms with Gasteiger partial charge in [0.15, 0.2) is 17.3 Å². The fraction of sp³-hybridized carbons (Fsp3) is 0.250. The van der Waals surface area contributed by atoms with Crippen LogP contribution in [0.3, 0.4) is 0 Å². The molecular formula is C32H31N3O11S2. The van der Waals surface area contributed by atoms with E-state index in [9.17, 15) is 13.2 Å². The zero-order valence-corrected chi connectivity index (χ0v) is 28.2. The van der Waals surface area contributed by atoms with Gasteiger partial charge in [-0.15, -0.1) is 21.1 Å². The third-order valence-electron chi connectivity index (χ3n) is 7.10. The second-order valence-corrected chi connectivity index (χ2v) is 13.4. The summed E-state index contributed by atoms with van der Waals surface area (Å²) in [4.78, 5) is 13.9. The van der Waals surface area contributed by atoms with E-state index in [1.165, 1.54) is 65.4 Å². The van der Waals surface area contributed by atoms with Crippen molar-refractivity contribution in [2.24, 2.45) is 10.2 Å². The van der Waals surface area contributed by atoms with Gasteiger partial charge in [-0.3, -0.25) is 4.79 Å². The van der Waals surface area contributed by atoms with Crippen LogP contribution in [-0.4, -0.2) is 67.1 Å². The molecule has 0 amide bonds. The molecule has 1 atom stereocenters. The van der Waals surface area contributed by atoms with Crippen LogP contribution in [0.25, 0.3) is 22.3 Å². The molecule has 0 N–H and O–H groups in total. The summed E-state index contributed by atoms with van der Waals surface area (Å²) < 4.78 is 70.8. The van der Waals surface area contributed by atoms with E-state index in [2.05, 4.69) is 10.2 Å². The van der Waals surface area contributed by atoms with Gasteiger partial charge in [0.05, 0.1) is 59.3 Å². The molecule has 0 saturated heterocycles. The normalized spacial score (nSPS) is 14.6. The summed E-state index contributed by atoms with van der Waals surface area (Å²) in [5.41, 5.74) is 1.95. The first-order valence-corrected chi connectivity index (χ1v) is 17.2. The predicted molar refractivity (Wildman–Crippen MR) is 180 cm³/mol. The van der Waals surface area contributed by atoms with Crippen LogP contribution in [0.5, 0.6) is 34.5 Å². The van der Waals surface area contributed by atoms with Crippen molar-refractivity contribution in [1.29, 1.82) is 5.26 Å². The second-order valence-electron chi connectivity index (χ2n) is 9.89. The topological polar surface area (TPSA) is 177 Å². The van der Waals surface area contributed by atoms with E-state index in [1.807, 2.05) is 6.07 Å². The lowest BCUT2D eigenvalue weighted by molar-refractivity contribution is 0.309. The highest BCUT2D eigenvalue weighted by Crippen LogP contribution is 2.44. The van der Waals surface area contributed by atoms with Crippen LogP contribution in [0.4, 0.5) is 0 Å². The highest BCUT2D eigenvalue weighted by molar-refractivity contribution is 8.40. The maximum absolute atomic E-state index is 14.0. The van der Waals surface area contributed by atoms with Gasteiger partial charge in [0.2, 0.25) is 16.9 Å². The fourth-order valence-corrected chi connectivity index (χ4v) is 7.46. The number of fused-ring (bicyclic) bond motifs is 1. The van der Waals surface area contributed by atoms with Crippen molar-refractivity contribution in [3.63, 3.8) is 0 Å². The van der Waals surface area contributed by atoms with E-state index in [1.54, 1.807) is 24.3 Å². The lowest BCUT2D eigenvalue weighted by Gasteiger charge is -2.17. The number of thiol groups is 1. The van der Waals surface area contributed by atoms with Crippen LogP contribution in [0.15, 0.2) is 72.8 Å². The maximum atomic E-state index is 14.0. The Morgan fingerprint density at radius 2 is 1.56 bits per heavy atom. The van der Waals surface area contributed by atoms with Gasteiger partial charge in [0.25, 0.3) is 5.23 Å². The van der Waals surface area contributed by atoms with Gasteiger partial charge in [0.1, 0.15) is 27.4 Å².